The highest BCUT2D eigenvalue weighted by Gasteiger charge is 2.33. The molecule has 1 heterocycles. The number of carbonyl (C=O) groups excluding carboxylic acids is 1. The van der Waals surface area contributed by atoms with E-state index in [2.05, 4.69) is 50.1 Å². The van der Waals surface area contributed by atoms with Gasteiger partial charge in [0.1, 0.15) is 12.4 Å². The Kier molecular flexibility index (Phi) is 7.43. The lowest BCUT2D eigenvalue weighted by Gasteiger charge is -2.14. The monoisotopic (exact) mass is 654 g/mol. The molecule has 0 radical (unpaired) electrons. The van der Waals surface area contributed by atoms with Gasteiger partial charge in [0.25, 0.3) is 11.6 Å². The Morgan fingerprint density at radius 3 is 2.38 bits per heavy atom. The molecule has 0 saturated carbocycles. The number of rotatable bonds is 6. The van der Waals surface area contributed by atoms with Crippen LogP contribution in [0.3, 0.4) is 0 Å². The number of nitro benzene ring substituents is 1. The smallest absolute Gasteiger partial charge is 0.270 e. The number of hydrogen-bond donors (Lipinski definition) is 0. The second-order valence-electron chi connectivity index (χ2n) is 8.03. The lowest BCUT2D eigenvalue weighted by atomic mass is 10.1. The van der Waals surface area contributed by atoms with Crippen LogP contribution in [0.25, 0.3) is 16.8 Å². The van der Waals surface area contributed by atoms with Crippen LogP contribution in [-0.4, -0.2) is 15.2 Å². The van der Waals surface area contributed by atoms with Crippen molar-refractivity contribution in [1.82, 2.24) is 0 Å². The SMILES string of the molecule is O=C1/C(=C\c2cc(Br)c(OCc3cccc4ccccc34)c(Br)c2)SC(=S)N1c1ccc([N+](=O)[O-])cc1. The number of benzene rings is 4. The van der Waals surface area contributed by atoms with Gasteiger partial charge in [-0.05, 0) is 84.1 Å². The average Bonchev–Trinajstić information content (AvgIpc) is 3.15. The summed E-state index contributed by atoms with van der Waals surface area (Å²) in [7, 11) is 0. The molecular weight excluding hydrogens is 640 g/mol. The Bertz CT molecular complexity index is 1580. The molecule has 184 valence electrons. The van der Waals surface area contributed by atoms with Crippen LogP contribution in [0, 0.1) is 10.1 Å². The molecule has 4 aromatic rings. The molecule has 1 aliphatic heterocycles. The summed E-state index contributed by atoms with van der Waals surface area (Å²) in [5.74, 6) is 0.371. The van der Waals surface area contributed by atoms with Crippen LogP contribution < -0.4 is 9.64 Å². The first-order valence-corrected chi connectivity index (χ1v) is 13.7. The average molecular weight is 656 g/mol. The van der Waals surface area contributed by atoms with Gasteiger partial charge < -0.3 is 4.74 Å². The van der Waals surface area contributed by atoms with Crippen LogP contribution in [0.5, 0.6) is 5.75 Å². The number of amides is 1. The normalized spacial score (nSPS) is 14.5. The predicted octanol–water partition coefficient (Wildman–Crippen LogP) is 8.26. The van der Waals surface area contributed by atoms with E-state index in [0.717, 1.165) is 30.8 Å². The quantitative estimate of drug-likeness (QED) is 0.0901. The molecule has 1 fully saturated rings. The molecule has 0 aliphatic carbocycles. The molecule has 1 saturated heterocycles. The first-order valence-electron chi connectivity index (χ1n) is 10.9. The van der Waals surface area contributed by atoms with Crippen LogP contribution in [-0.2, 0) is 11.4 Å². The number of non-ortho nitro benzene ring substituents is 1. The third kappa shape index (κ3) is 5.33. The first-order chi connectivity index (χ1) is 17.8. The number of nitrogens with zero attached hydrogens (tertiary/aromatic N) is 2. The van der Waals surface area contributed by atoms with E-state index < -0.39 is 4.92 Å². The van der Waals surface area contributed by atoms with Gasteiger partial charge in [-0.1, -0.05) is 66.4 Å². The molecule has 1 aliphatic rings. The zero-order valence-corrected chi connectivity index (χ0v) is 23.7. The maximum absolute atomic E-state index is 13.1. The number of ether oxygens (including phenoxy) is 1. The minimum atomic E-state index is -0.487. The summed E-state index contributed by atoms with van der Waals surface area (Å²) >= 11 is 13.8. The molecule has 0 N–H and O–H groups in total. The van der Waals surface area contributed by atoms with Crippen molar-refractivity contribution in [2.45, 2.75) is 6.61 Å². The third-order valence-electron chi connectivity index (χ3n) is 5.68. The highest BCUT2D eigenvalue weighted by molar-refractivity contribution is 9.11. The highest BCUT2D eigenvalue weighted by atomic mass is 79.9. The predicted molar refractivity (Wildman–Crippen MR) is 159 cm³/mol. The molecular formula is C27H16Br2N2O4S2. The van der Waals surface area contributed by atoms with E-state index in [0.29, 0.717) is 27.3 Å². The van der Waals surface area contributed by atoms with Gasteiger partial charge in [0, 0.05) is 12.1 Å². The minimum Gasteiger partial charge on any atom is -0.487 e. The summed E-state index contributed by atoms with van der Waals surface area (Å²) in [6, 6.07) is 23.8. The fourth-order valence-electron chi connectivity index (χ4n) is 3.93. The van der Waals surface area contributed by atoms with Crippen LogP contribution in [0.4, 0.5) is 11.4 Å². The number of hydrogen-bond acceptors (Lipinski definition) is 6. The Balaban J connectivity index is 1.36. The van der Waals surface area contributed by atoms with Gasteiger partial charge in [-0.15, -0.1) is 0 Å². The van der Waals surface area contributed by atoms with Gasteiger partial charge in [-0.25, -0.2) is 0 Å². The van der Waals surface area contributed by atoms with Crippen LogP contribution in [0.2, 0.25) is 0 Å². The number of anilines is 1. The second-order valence-corrected chi connectivity index (χ2v) is 11.4. The Morgan fingerprint density at radius 1 is 1.00 bits per heavy atom. The van der Waals surface area contributed by atoms with E-state index in [1.54, 1.807) is 6.08 Å². The lowest BCUT2D eigenvalue weighted by molar-refractivity contribution is -0.384. The second kappa shape index (κ2) is 10.7. The summed E-state index contributed by atoms with van der Waals surface area (Å²) < 4.78 is 7.99. The fraction of sp³-hybridized carbons (Fsp3) is 0.0370. The van der Waals surface area contributed by atoms with E-state index in [4.69, 9.17) is 17.0 Å². The van der Waals surface area contributed by atoms with E-state index in [9.17, 15) is 14.9 Å². The van der Waals surface area contributed by atoms with E-state index in [1.807, 2.05) is 36.4 Å². The minimum absolute atomic E-state index is 0.0535. The van der Waals surface area contributed by atoms with Crippen molar-refractivity contribution in [3.05, 3.63) is 114 Å². The van der Waals surface area contributed by atoms with Gasteiger partial charge in [0.15, 0.2) is 4.32 Å². The van der Waals surface area contributed by atoms with E-state index in [1.165, 1.54) is 40.9 Å². The summed E-state index contributed by atoms with van der Waals surface area (Å²) in [6.45, 7) is 0.395. The molecule has 1 amide bonds. The standard InChI is InChI=1S/C27H16Br2N2O4S2/c28-22-12-16(13-23(29)25(22)35-15-18-6-3-5-17-4-1-2-7-21(17)18)14-24-26(32)30(27(36)37-24)19-8-10-20(11-9-19)31(33)34/h1-14H,15H2/b24-14+. The maximum Gasteiger partial charge on any atom is 0.270 e. The van der Waals surface area contributed by atoms with Crippen molar-refractivity contribution in [2.24, 2.45) is 0 Å². The van der Waals surface area contributed by atoms with Crippen molar-refractivity contribution in [2.75, 3.05) is 4.90 Å². The Hall–Kier alpha value is -3.05. The van der Waals surface area contributed by atoms with Gasteiger partial charge >= 0.3 is 0 Å². The highest BCUT2D eigenvalue weighted by Crippen LogP contribution is 2.40. The van der Waals surface area contributed by atoms with Crippen LogP contribution in [0.15, 0.2) is 92.7 Å². The lowest BCUT2D eigenvalue weighted by Crippen LogP contribution is -2.27. The number of halogens is 2. The summed E-state index contributed by atoms with van der Waals surface area (Å²) in [6.07, 6.45) is 1.76. The van der Waals surface area contributed by atoms with Crippen molar-refractivity contribution in [3.63, 3.8) is 0 Å². The number of thioether (sulfide) groups is 1. The Morgan fingerprint density at radius 2 is 1.68 bits per heavy atom. The zero-order chi connectivity index (χ0) is 26.1. The number of thiocarbonyl (C=S) groups is 1. The van der Waals surface area contributed by atoms with Crippen LogP contribution in [0.1, 0.15) is 11.1 Å². The van der Waals surface area contributed by atoms with Crippen molar-refractivity contribution < 1.29 is 14.5 Å². The molecule has 0 bridgehead atoms. The summed E-state index contributed by atoms with van der Waals surface area (Å²) in [5, 5.41) is 13.2. The molecule has 10 heteroatoms. The number of fused-ring (bicyclic) bond motifs is 1. The number of nitro groups is 1. The van der Waals surface area contributed by atoms with Gasteiger partial charge in [-0.2, -0.15) is 0 Å². The Labute approximate surface area is 238 Å². The molecule has 0 atom stereocenters. The van der Waals surface area contributed by atoms with Crippen molar-refractivity contribution in [3.8, 4) is 5.75 Å². The fourth-order valence-corrected chi connectivity index (χ4v) is 6.68. The van der Waals surface area contributed by atoms with E-state index in [-0.39, 0.29) is 11.6 Å². The topological polar surface area (TPSA) is 72.7 Å². The van der Waals surface area contributed by atoms with Gasteiger partial charge in [-0.3, -0.25) is 19.8 Å². The van der Waals surface area contributed by atoms with Crippen LogP contribution >= 0.6 is 55.8 Å². The molecule has 6 nitrogen and oxygen atoms in total. The van der Waals surface area contributed by atoms with Crippen molar-refractivity contribution >= 4 is 94.3 Å². The number of carbonyl (C=O) groups is 1. The molecule has 0 unspecified atom stereocenters. The zero-order valence-electron chi connectivity index (χ0n) is 18.9. The molecule has 5 rings (SSSR count). The summed E-state index contributed by atoms with van der Waals surface area (Å²) in [4.78, 5) is 25.4. The maximum atomic E-state index is 13.1. The third-order valence-corrected chi connectivity index (χ3v) is 8.16. The summed E-state index contributed by atoms with van der Waals surface area (Å²) in [5.41, 5.74) is 2.29. The van der Waals surface area contributed by atoms with E-state index >= 15 is 0 Å². The van der Waals surface area contributed by atoms with Gasteiger partial charge in [0.05, 0.1) is 24.5 Å². The molecule has 37 heavy (non-hydrogen) atoms. The largest absolute Gasteiger partial charge is 0.487 e. The first kappa shape index (κ1) is 25.6. The van der Waals surface area contributed by atoms with Gasteiger partial charge in [0.2, 0.25) is 0 Å². The molecule has 4 aromatic carbocycles. The van der Waals surface area contributed by atoms with Crippen molar-refractivity contribution in [1.29, 1.82) is 0 Å². The molecule has 0 spiro atoms. The molecule has 0 aromatic heterocycles.